The van der Waals surface area contributed by atoms with Crippen LogP contribution in [-0.2, 0) is 7.05 Å². The topological polar surface area (TPSA) is 80.0 Å². The molecule has 124 valence electrons. The molecular formula is C17H24N4O2. The molecule has 0 saturated carbocycles. The molecule has 0 unspecified atom stereocenters. The molecule has 0 aliphatic rings. The van der Waals surface area contributed by atoms with Gasteiger partial charge in [-0.2, -0.15) is 5.10 Å². The van der Waals surface area contributed by atoms with E-state index in [0.29, 0.717) is 17.9 Å². The summed E-state index contributed by atoms with van der Waals surface area (Å²) in [6.07, 6.45) is 3.29. The van der Waals surface area contributed by atoms with Gasteiger partial charge in [-0.25, -0.2) is 4.98 Å². The second kappa shape index (κ2) is 7.37. The Morgan fingerprint density at radius 1 is 1.26 bits per heavy atom. The molecule has 2 rings (SSSR count). The fraction of sp³-hybridized carbons (Fsp3) is 0.471. The summed E-state index contributed by atoms with van der Waals surface area (Å²) in [6.45, 7) is 4.60. The van der Waals surface area contributed by atoms with Crippen molar-refractivity contribution in [2.75, 3.05) is 13.2 Å². The Morgan fingerprint density at radius 3 is 2.39 bits per heavy atom. The molecule has 6 nitrogen and oxygen atoms in total. The van der Waals surface area contributed by atoms with Gasteiger partial charge in [-0.3, -0.25) is 9.48 Å². The summed E-state index contributed by atoms with van der Waals surface area (Å²) in [5, 5.41) is 16.7. The second-order valence-corrected chi connectivity index (χ2v) is 5.87. The first-order chi connectivity index (χ1) is 11.0. The standard InChI is InChI=1S/C17H24N4O2/c1-4-17(5-2,11-22)10-18-16(23)14-8-6-13(7-9-14)15-19-12-21(3)20-15/h6-9,12,22H,4-5,10-11H2,1-3H3,(H,18,23). The van der Waals surface area contributed by atoms with Crippen LogP contribution in [0.25, 0.3) is 11.4 Å². The predicted octanol–water partition coefficient (Wildman–Crippen LogP) is 2.01. The lowest BCUT2D eigenvalue weighted by atomic mass is 9.83. The minimum absolute atomic E-state index is 0.0740. The molecule has 0 bridgehead atoms. The normalized spacial score (nSPS) is 11.5. The molecular weight excluding hydrogens is 292 g/mol. The summed E-state index contributed by atoms with van der Waals surface area (Å²) < 4.78 is 1.64. The van der Waals surface area contributed by atoms with Crippen LogP contribution in [-0.4, -0.2) is 38.9 Å². The maximum atomic E-state index is 12.3. The van der Waals surface area contributed by atoms with Gasteiger partial charge in [-0.15, -0.1) is 0 Å². The fourth-order valence-corrected chi connectivity index (χ4v) is 2.39. The molecule has 0 radical (unpaired) electrons. The number of hydrogen-bond acceptors (Lipinski definition) is 4. The molecule has 1 aromatic heterocycles. The van der Waals surface area contributed by atoms with Gasteiger partial charge in [0.25, 0.3) is 5.91 Å². The molecule has 1 amide bonds. The number of carbonyl (C=O) groups is 1. The van der Waals surface area contributed by atoms with Crippen LogP contribution < -0.4 is 5.32 Å². The molecule has 2 aromatic rings. The van der Waals surface area contributed by atoms with Gasteiger partial charge in [-0.05, 0) is 25.0 Å². The van der Waals surface area contributed by atoms with E-state index in [2.05, 4.69) is 15.4 Å². The van der Waals surface area contributed by atoms with Crippen molar-refractivity contribution in [2.24, 2.45) is 12.5 Å². The maximum Gasteiger partial charge on any atom is 0.251 e. The Labute approximate surface area is 136 Å². The Kier molecular flexibility index (Phi) is 5.50. The summed E-state index contributed by atoms with van der Waals surface area (Å²) in [7, 11) is 1.81. The van der Waals surface area contributed by atoms with Crippen LogP contribution >= 0.6 is 0 Å². The van der Waals surface area contributed by atoms with E-state index in [1.54, 1.807) is 23.1 Å². The number of hydrogen-bond donors (Lipinski definition) is 2. The number of benzene rings is 1. The van der Waals surface area contributed by atoms with Crippen LogP contribution in [0.3, 0.4) is 0 Å². The average Bonchev–Trinajstić information content (AvgIpc) is 3.03. The van der Waals surface area contributed by atoms with Gasteiger partial charge in [0.2, 0.25) is 0 Å². The van der Waals surface area contributed by atoms with Gasteiger partial charge >= 0.3 is 0 Å². The van der Waals surface area contributed by atoms with E-state index in [9.17, 15) is 9.90 Å². The number of amides is 1. The number of rotatable bonds is 7. The van der Waals surface area contributed by atoms with Crippen molar-refractivity contribution in [3.8, 4) is 11.4 Å². The highest BCUT2D eigenvalue weighted by molar-refractivity contribution is 5.94. The van der Waals surface area contributed by atoms with E-state index in [-0.39, 0.29) is 17.9 Å². The summed E-state index contributed by atoms with van der Waals surface area (Å²) in [5.41, 5.74) is 1.21. The van der Waals surface area contributed by atoms with E-state index >= 15 is 0 Å². The molecule has 23 heavy (non-hydrogen) atoms. The smallest absolute Gasteiger partial charge is 0.251 e. The van der Waals surface area contributed by atoms with Crippen molar-refractivity contribution in [3.05, 3.63) is 36.2 Å². The zero-order valence-corrected chi connectivity index (χ0v) is 13.9. The van der Waals surface area contributed by atoms with Gasteiger partial charge < -0.3 is 10.4 Å². The summed E-state index contributed by atoms with van der Waals surface area (Å²) in [6, 6.07) is 7.20. The van der Waals surface area contributed by atoms with Gasteiger partial charge in [0.15, 0.2) is 5.82 Å². The van der Waals surface area contributed by atoms with Crippen LogP contribution in [0.5, 0.6) is 0 Å². The van der Waals surface area contributed by atoms with Crippen LogP contribution in [0.2, 0.25) is 0 Å². The lowest BCUT2D eigenvalue weighted by molar-refractivity contribution is 0.0851. The quantitative estimate of drug-likeness (QED) is 0.819. The highest BCUT2D eigenvalue weighted by Crippen LogP contribution is 2.24. The zero-order valence-electron chi connectivity index (χ0n) is 13.9. The minimum Gasteiger partial charge on any atom is -0.396 e. The molecule has 2 N–H and O–H groups in total. The largest absolute Gasteiger partial charge is 0.396 e. The first kappa shape index (κ1) is 17.1. The zero-order chi connectivity index (χ0) is 16.9. The lowest BCUT2D eigenvalue weighted by Gasteiger charge is -2.29. The van der Waals surface area contributed by atoms with Crippen LogP contribution in [0, 0.1) is 5.41 Å². The third kappa shape index (κ3) is 3.96. The van der Waals surface area contributed by atoms with E-state index in [1.807, 2.05) is 33.0 Å². The molecule has 1 aromatic carbocycles. The molecule has 0 spiro atoms. The summed E-state index contributed by atoms with van der Waals surface area (Å²) >= 11 is 0. The SMILES string of the molecule is CCC(CC)(CO)CNC(=O)c1ccc(-c2ncn(C)n2)cc1. The Balaban J connectivity index is 2.03. The van der Waals surface area contributed by atoms with Crippen LogP contribution in [0.4, 0.5) is 0 Å². The van der Waals surface area contributed by atoms with Crippen LogP contribution in [0.1, 0.15) is 37.0 Å². The van der Waals surface area contributed by atoms with Gasteiger partial charge in [0.05, 0.1) is 6.61 Å². The van der Waals surface area contributed by atoms with Gasteiger partial charge in [0.1, 0.15) is 6.33 Å². The van der Waals surface area contributed by atoms with E-state index in [4.69, 9.17) is 0 Å². The van der Waals surface area contributed by atoms with E-state index in [0.717, 1.165) is 18.4 Å². The number of aromatic nitrogens is 3. The first-order valence-electron chi connectivity index (χ1n) is 7.88. The fourth-order valence-electron chi connectivity index (χ4n) is 2.39. The summed E-state index contributed by atoms with van der Waals surface area (Å²) in [5.74, 6) is 0.501. The number of carbonyl (C=O) groups excluding carboxylic acids is 1. The second-order valence-electron chi connectivity index (χ2n) is 5.87. The Hall–Kier alpha value is -2.21. The number of aliphatic hydroxyl groups excluding tert-OH is 1. The van der Waals surface area contributed by atoms with Crippen LogP contribution in [0.15, 0.2) is 30.6 Å². The Morgan fingerprint density at radius 2 is 1.91 bits per heavy atom. The van der Waals surface area contributed by atoms with Crippen molar-refractivity contribution in [1.29, 1.82) is 0 Å². The number of aryl methyl sites for hydroxylation is 1. The van der Waals surface area contributed by atoms with Gasteiger partial charge in [-0.1, -0.05) is 26.0 Å². The Bertz CT molecular complexity index is 637. The number of nitrogens with one attached hydrogen (secondary N) is 1. The van der Waals surface area contributed by atoms with Crippen molar-refractivity contribution in [1.82, 2.24) is 20.1 Å². The average molecular weight is 316 g/mol. The van der Waals surface area contributed by atoms with E-state index in [1.165, 1.54) is 0 Å². The third-order valence-corrected chi connectivity index (χ3v) is 4.46. The molecule has 1 heterocycles. The third-order valence-electron chi connectivity index (χ3n) is 4.46. The highest BCUT2D eigenvalue weighted by atomic mass is 16.3. The molecule has 0 saturated heterocycles. The first-order valence-corrected chi connectivity index (χ1v) is 7.88. The predicted molar refractivity (Wildman–Crippen MR) is 88.9 cm³/mol. The maximum absolute atomic E-state index is 12.3. The van der Waals surface area contributed by atoms with Gasteiger partial charge in [0, 0.05) is 30.1 Å². The molecule has 6 heteroatoms. The molecule has 0 atom stereocenters. The molecule has 0 aliphatic heterocycles. The molecule has 0 aliphatic carbocycles. The number of nitrogens with zero attached hydrogens (tertiary/aromatic N) is 3. The van der Waals surface area contributed by atoms with Crippen molar-refractivity contribution in [3.63, 3.8) is 0 Å². The van der Waals surface area contributed by atoms with Crippen molar-refractivity contribution < 1.29 is 9.90 Å². The van der Waals surface area contributed by atoms with Crippen molar-refractivity contribution >= 4 is 5.91 Å². The lowest BCUT2D eigenvalue weighted by Crippen LogP contribution is -2.39. The highest BCUT2D eigenvalue weighted by Gasteiger charge is 2.25. The molecule has 0 fully saturated rings. The monoisotopic (exact) mass is 316 g/mol. The van der Waals surface area contributed by atoms with E-state index < -0.39 is 0 Å². The van der Waals surface area contributed by atoms with Crippen molar-refractivity contribution in [2.45, 2.75) is 26.7 Å². The number of aliphatic hydroxyl groups is 1. The minimum atomic E-state index is -0.243. The summed E-state index contributed by atoms with van der Waals surface area (Å²) in [4.78, 5) is 16.4.